The molecular weight excluding hydrogens is 264 g/mol. The second-order valence-corrected chi connectivity index (χ2v) is 6.20. The molecule has 21 heavy (non-hydrogen) atoms. The van der Waals surface area contributed by atoms with E-state index in [1.807, 2.05) is 13.0 Å². The monoisotopic (exact) mass is 286 g/mol. The largest absolute Gasteiger partial charge is 0.478 e. The Morgan fingerprint density at radius 2 is 2.10 bits per heavy atom. The summed E-state index contributed by atoms with van der Waals surface area (Å²) in [6.45, 7) is 6.08. The molecule has 0 aliphatic heterocycles. The lowest BCUT2D eigenvalue weighted by molar-refractivity contribution is -0.131. The van der Waals surface area contributed by atoms with E-state index in [-0.39, 0.29) is 5.92 Å². The average molecular weight is 286 g/mol. The van der Waals surface area contributed by atoms with Crippen LogP contribution in [-0.2, 0) is 11.2 Å². The zero-order valence-electron chi connectivity index (χ0n) is 12.8. The number of carboxylic acid groups (broad SMARTS) is 1. The first-order valence-electron chi connectivity index (χ1n) is 7.22. The SMILES string of the molecule is Cc1ccc2c(c1/C=C\C=C\C(=O)O)[C@H](C)C[C@@](C)(O)C2. The van der Waals surface area contributed by atoms with Crippen LogP contribution in [0, 0.1) is 6.92 Å². The number of aliphatic hydroxyl groups is 1. The van der Waals surface area contributed by atoms with Gasteiger partial charge in [-0.3, -0.25) is 0 Å². The number of carboxylic acids is 1. The van der Waals surface area contributed by atoms with Crippen molar-refractivity contribution in [2.45, 2.75) is 45.1 Å². The second kappa shape index (κ2) is 5.86. The molecule has 0 fully saturated rings. The molecule has 2 N–H and O–H groups in total. The molecule has 0 amide bonds. The normalized spacial score (nSPS) is 25.4. The number of benzene rings is 1. The number of rotatable bonds is 3. The zero-order valence-corrected chi connectivity index (χ0v) is 12.8. The van der Waals surface area contributed by atoms with Crippen LogP contribution in [0.5, 0.6) is 0 Å². The number of hydrogen-bond acceptors (Lipinski definition) is 2. The molecule has 1 aliphatic carbocycles. The fourth-order valence-corrected chi connectivity index (χ4v) is 3.28. The predicted molar refractivity (Wildman–Crippen MR) is 84.3 cm³/mol. The van der Waals surface area contributed by atoms with Crippen LogP contribution < -0.4 is 0 Å². The van der Waals surface area contributed by atoms with Gasteiger partial charge in [0.05, 0.1) is 5.60 Å². The average Bonchev–Trinajstić information content (AvgIpc) is 2.35. The summed E-state index contributed by atoms with van der Waals surface area (Å²) in [5.41, 5.74) is 4.13. The van der Waals surface area contributed by atoms with Gasteiger partial charge in [-0.25, -0.2) is 4.79 Å². The van der Waals surface area contributed by atoms with Crippen molar-refractivity contribution in [3.8, 4) is 0 Å². The fraction of sp³-hybridized carbons (Fsp3) is 0.389. The van der Waals surface area contributed by atoms with E-state index in [0.29, 0.717) is 6.42 Å². The number of allylic oxidation sites excluding steroid dienone is 2. The van der Waals surface area contributed by atoms with Gasteiger partial charge in [-0.2, -0.15) is 0 Å². The van der Waals surface area contributed by atoms with Crippen molar-refractivity contribution in [2.24, 2.45) is 0 Å². The Bertz CT molecular complexity index is 609. The number of fused-ring (bicyclic) bond motifs is 1. The molecule has 0 radical (unpaired) electrons. The van der Waals surface area contributed by atoms with Gasteiger partial charge in [0.1, 0.15) is 0 Å². The smallest absolute Gasteiger partial charge is 0.328 e. The van der Waals surface area contributed by atoms with Crippen molar-refractivity contribution in [2.75, 3.05) is 0 Å². The fourth-order valence-electron chi connectivity index (χ4n) is 3.28. The van der Waals surface area contributed by atoms with Crippen molar-refractivity contribution < 1.29 is 15.0 Å². The van der Waals surface area contributed by atoms with Gasteiger partial charge in [-0.15, -0.1) is 0 Å². The lowest BCUT2D eigenvalue weighted by Crippen LogP contribution is -2.34. The molecule has 3 heteroatoms. The molecule has 0 saturated heterocycles. The van der Waals surface area contributed by atoms with Gasteiger partial charge in [0.25, 0.3) is 0 Å². The van der Waals surface area contributed by atoms with Crippen LogP contribution in [0.15, 0.2) is 30.4 Å². The van der Waals surface area contributed by atoms with E-state index in [9.17, 15) is 9.90 Å². The van der Waals surface area contributed by atoms with E-state index in [2.05, 4.69) is 26.0 Å². The van der Waals surface area contributed by atoms with Gasteiger partial charge in [0, 0.05) is 12.5 Å². The van der Waals surface area contributed by atoms with Crippen LogP contribution in [0.2, 0.25) is 0 Å². The van der Waals surface area contributed by atoms with E-state index < -0.39 is 11.6 Å². The number of aliphatic carboxylic acids is 1. The third-order valence-corrected chi connectivity index (χ3v) is 4.02. The van der Waals surface area contributed by atoms with E-state index in [4.69, 9.17) is 5.11 Å². The minimum atomic E-state index is -0.948. The highest BCUT2D eigenvalue weighted by molar-refractivity contribution is 5.80. The maximum Gasteiger partial charge on any atom is 0.328 e. The van der Waals surface area contributed by atoms with Gasteiger partial charge >= 0.3 is 5.97 Å². The van der Waals surface area contributed by atoms with Crippen LogP contribution in [0.1, 0.15) is 48.4 Å². The highest BCUT2D eigenvalue weighted by Crippen LogP contribution is 2.40. The molecular formula is C18H22O3. The van der Waals surface area contributed by atoms with Crippen LogP contribution >= 0.6 is 0 Å². The summed E-state index contributed by atoms with van der Waals surface area (Å²) in [6.07, 6.45) is 7.79. The van der Waals surface area contributed by atoms with Crippen LogP contribution in [-0.4, -0.2) is 21.8 Å². The molecule has 0 aromatic heterocycles. The minimum absolute atomic E-state index is 0.284. The molecule has 0 spiro atoms. The van der Waals surface area contributed by atoms with Gasteiger partial charge in [-0.1, -0.05) is 37.3 Å². The Morgan fingerprint density at radius 1 is 1.38 bits per heavy atom. The first kappa shape index (κ1) is 15.5. The van der Waals surface area contributed by atoms with Crippen LogP contribution in [0.25, 0.3) is 6.08 Å². The molecule has 2 atom stereocenters. The van der Waals surface area contributed by atoms with Gasteiger partial charge in [-0.05, 0) is 48.4 Å². The molecule has 1 aliphatic rings. The molecule has 3 nitrogen and oxygen atoms in total. The maximum absolute atomic E-state index is 10.5. The lowest BCUT2D eigenvalue weighted by Gasteiger charge is -2.35. The third kappa shape index (κ3) is 3.61. The van der Waals surface area contributed by atoms with Crippen molar-refractivity contribution in [1.29, 1.82) is 0 Å². The molecule has 0 saturated carbocycles. The first-order chi connectivity index (χ1) is 9.80. The maximum atomic E-state index is 10.5. The summed E-state index contributed by atoms with van der Waals surface area (Å²) in [5.74, 6) is -0.664. The third-order valence-electron chi connectivity index (χ3n) is 4.02. The van der Waals surface area contributed by atoms with Gasteiger partial charge in [0.15, 0.2) is 0 Å². The van der Waals surface area contributed by atoms with E-state index in [1.165, 1.54) is 22.8 Å². The molecule has 0 heterocycles. The Morgan fingerprint density at radius 3 is 2.76 bits per heavy atom. The summed E-state index contributed by atoms with van der Waals surface area (Å²) >= 11 is 0. The van der Waals surface area contributed by atoms with E-state index in [1.54, 1.807) is 6.08 Å². The zero-order chi connectivity index (χ0) is 15.6. The molecule has 0 bridgehead atoms. The Balaban J connectivity index is 2.41. The molecule has 0 unspecified atom stereocenters. The molecule has 1 aromatic rings. The van der Waals surface area contributed by atoms with Crippen molar-refractivity contribution in [3.63, 3.8) is 0 Å². The lowest BCUT2D eigenvalue weighted by atomic mass is 9.73. The number of hydrogen-bond donors (Lipinski definition) is 2. The van der Waals surface area contributed by atoms with E-state index >= 15 is 0 Å². The standard InChI is InChI=1S/C18H22O3/c1-12-8-9-14-11-18(3,21)10-13(2)17(14)15(12)6-4-5-7-16(19)20/h4-9,13,21H,10-11H2,1-3H3,(H,19,20)/b6-4-,7-5+/t13-,18-/m1/s1. The van der Waals surface area contributed by atoms with Crippen molar-refractivity contribution in [3.05, 3.63) is 52.6 Å². The summed E-state index contributed by atoms with van der Waals surface area (Å²) in [4.78, 5) is 10.5. The highest BCUT2D eigenvalue weighted by Gasteiger charge is 2.32. The Kier molecular flexibility index (Phi) is 4.33. The Hall–Kier alpha value is -1.87. The number of carbonyl (C=O) groups is 1. The Labute approximate surface area is 125 Å². The topological polar surface area (TPSA) is 57.5 Å². The second-order valence-electron chi connectivity index (χ2n) is 6.20. The molecule has 2 rings (SSSR count). The summed E-state index contributed by atoms with van der Waals surface area (Å²) in [7, 11) is 0. The summed E-state index contributed by atoms with van der Waals surface area (Å²) in [5, 5.41) is 18.9. The predicted octanol–water partition coefficient (Wildman–Crippen LogP) is 3.45. The summed E-state index contributed by atoms with van der Waals surface area (Å²) < 4.78 is 0. The molecule has 1 aromatic carbocycles. The van der Waals surface area contributed by atoms with Crippen LogP contribution in [0.4, 0.5) is 0 Å². The van der Waals surface area contributed by atoms with Crippen LogP contribution in [0.3, 0.4) is 0 Å². The van der Waals surface area contributed by atoms with Crippen molar-refractivity contribution in [1.82, 2.24) is 0 Å². The number of aryl methyl sites for hydroxylation is 1. The van der Waals surface area contributed by atoms with Crippen molar-refractivity contribution >= 4 is 12.0 Å². The van der Waals surface area contributed by atoms with Gasteiger partial charge in [0.2, 0.25) is 0 Å². The minimum Gasteiger partial charge on any atom is -0.478 e. The van der Waals surface area contributed by atoms with Gasteiger partial charge < -0.3 is 10.2 Å². The first-order valence-corrected chi connectivity index (χ1v) is 7.22. The molecule has 112 valence electrons. The van der Waals surface area contributed by atoms with E-state index in [0.717, 1.165) is 18.1 Å². The quantitative estimate of drug-likeness (QED) is 0.661. The highest BCUT2D eigenvalue weighted by atomic mass is 16.4. The summed E-state index contributed by atoms with van der Waals surface area (Å²) in [6, 6.07) is 4.16.